The molecule has 0 spiro atoms. The highest BCUT2D eigenvalue weighted by molar-refractivity contribution is 6.04. The Kier molecular flexibility index (Phi) is 6.63. The molecule has 0 aliphatic carbocycles. The molecular weight excluding hydrogens is 438 g/mol. The highest BCUT2D eigenvalue weighted by atomic mass is 16.1. The number of piperidine rings is 1. The summed E-state index contributed by atoms with van der Waals surface area (Å²) in [6.45, 7) is 6.14. The highest BCUT2D eigenvalue weighted by Crippen LogP contribution is 2.26. The number of aromatic nitrogens is 4. The second-order valence-electron chi connectivity index (χ2n) is 9.18. The number of nitrogens with zero attached hydrogens (tertiary/aromatic N) is 4. The smallest absolute Gasteiger partial charge is 0.256 e. The normalized spacial score (nSPS) is 14.3. The Morgan fingerprint density at radius 1 is 1.00 bits per heavy atom. The van der Waals surface area contributed by atoms with Gasteiger partial charge in [-0.25, -0.2) is 9.97 Å². The third-order valence-corrected chi connectivity index (χ3v) is 6.14. The summed E-state index contributed by atoms with van der Waals surface area (Å²) < 4.78 is 0. The number of carbonyl (C=O) groups is 1. The van der Waals surface area contributed by atoms with E-state index in [2.05, 4.69) is 55.8 Å². The van der Waals surface area contributed by atoms with Crippen molar-refractivity contribution < 1.29 is 4.79 Å². The van der Waals surface area contributed by atoms with Gasteiger partial charge in [0.25, 0.3) is 5.91 Å². The van der Waals surface area contributed by atoms with Crippen LogP contribution >= 0.6 is 0 Å². The van der Waals surface area contributed by atoms with Crippen LogP contribution in [0.25, 0.3) is 22.2 Å². The van der Waals surface area contributed by atoms with Gasteiger partial charge >= 0.3 is 0 Å². The second kappa shape index (κ2) is 10.1. The molecular formula is C27H29N7O. The Balaban J connectivity index is 1.36. The van der Waals surface area contributed by atoms with E-state index in [4.69, 9.17) is 0 Å². The summed E-state index contributed by atoms with van der Waals surface area (Å²) in [5, 5.41) is 10.5. The van der Waals surface area contributed by atoms with E-state index in [1.165, 1.54) is 5.56 Å². The molecule has 5 rings (SSSR count). The van der Waals surface area contributed by atoms with E-state index in [9.17, 15) is 4.79 Å². The molecule has 178 valence electrons. The van der Waals surface area contributed by atoms with E-state index in [1.54, 1.807) is 24.8 Å². The third kappa shape index (κ3) is 5.44. The van der Waals surface area contributed by atoms with Crippen molar-refractivity contribution in [1.82, 2.24) is 25.3 Å². The van der Waals surface area contributed by atoms with Gasteiger partial charge in [-0.05, 0) is 75.5 Å². The van der Waals surface area contributed by atoms with Crippen LogP contribution < -0.4 is 16.0 Å². The molecule has 1 amide bonds. The van der Waals surface area contributed by atoms with E-state index < -0.39 is 0 Å². The van der Waals surface area contributed by atoms with Crippen LogP contribution in [-0.4, -0.2) is 45.0 Å². The number of nitrogens with one attached hydrogen (secondary N) is 3. The van der Waals surface area contributed by atoms with Crippen LogP contribution in [-0.2, 0) is 0 Å². The van der Waals surface area contributed by atoms with Crippen molar-refractivity contribution in [3.63, 3.8) is 0 Å². The van der Waals surface area contributed by atoms with Gasteiger partial charge in [0.05, 0.1) is 29.8 Å². The van der Waals surface area contributed by atoms with Crippen molar-refractivity contribution in [2.45, 2.75) is 38.6 Å². The topological polar surface area (TPSA) is 105 Å². The van der Waals surface area contributed by atoms with Crippen LogP contribution in [0.15, 0.2) is 61.2 Å². The van der Waals surface area contributed by atoms with Gasteiger partial charge in [0, 0.05) is 28.8 Å². The molecule has 0 radical (unpaired) electrons. The van der Waals surface area contributed by atoms with Crippen LogP contribution in [0.4, 0.5) is 11.6 Å². The van der Waals surface area contributed by atoms with Crippen molar-refractivity contribution in [2.75, 3.05) is 23.7 Å². The molecule has 1 aliphatic heterocycles. The minimum absolute atomic E-state index is 0.171. The Labute approximate surface area is 204 Å². The van der Waals surface area contributed by atoms with Crippen molar-refractivity contribution in [3.8, 4) is 11.3 Å². The lowest BCUT2D eigenvalue weighted by molar-refractivity contribution is 0.102. The van der Waals surface area contributed by atoms with Crippen molar-refractivity contribution in [1.29, 1.82) is 0 Å². The highest BCUT2D eigenvalue weighted by Gasteiger charge is 2.17. The lowest BCUT2D eigenvalue weighted by atomic mass is 9.89. The van der Waals surface area contributed by atoms with Gasteiger partial charge in [0.2, 0.25) is 0 Å². The van der Waals surface area contributed by atoms with E-state index in [1.807, 2.05) is 30.3 Å². The van der Waals surface area contributed by atoms with Crippen LogP contribution in [0.5, 0.6) is 0 Å². The second-order valence-corrected chi connectivity index (χ2v) is 9.18. The minimum atomic E-state index is -0.171. The van der Waals surface area contributed by atoms with E-state index in [-0.39, 0.29) is 11.9 Å². The lowest BCUT2D eigenvalue weighted by Crippen LogP contribution is -2.26. The average Bonchev–Trinajstić information content (AvgIpc) is 2.88. The first-order valence-electron chi connectivity index (χ1n) is 12.0. The minimum Gasteiger partial charge on any atom is -0.367 e. The largest absolute Gasteiger partial charge is 0.367 e. The number of benzene rings is 1. The number of hydrogen-bond donors (Lipinski definition) is 3. The number of amides is 1. The molecule has 0 saturated carbocycles. The van der Waals surface area contributed by atoms with E-state index in [0.29, 0.717) is 23.1 Å². The van der Waals surface area contributed by atoms with Gasteiger partial charge in [0.15, 0.2) is 0 Å². The monoisotopic (exact) mass is 467 g/mol. The predicted molar refractivity (Wildman–Crippen MR) is 139 cm³/mol. The molecule has 0 unspecified atom stereocenters. The standard InChI is InChI=1S/C27H29N7O/c1-17(2)32-26-16-29-14-24(33-26)22-11-21-12-25(31-15-23(21)30-13-22)34-27(35)20-5-3-4-19(10-20)18-6-8-28-9-7-18/h3-5,10-18,28H,6-9H2,1-2H3,(H,32,33)(H,31,34,35). The molecule has 0 atom stereocenters. The Morgan fingerprint density at radius 2 is 1.86 bits per heavy atom. The first kappa shape index (κ1) is 22.9. The Hall–Kier alpha value is -3.91. The van der Waals surface area contributed by atoms with Crippen LogP contribution in [0.3, 0.4) is 0 Å². The average molecular weight is 468 g/mol. The summed E-state index contributed by atoms with van der Waals surface area (Å²) in [7, 11) is 0. The van der Waals surface area contributed by atoms with E-state index in [0.717, 1.165) is 48.1 Å². The summed E-state index contributed by atoms with van der Waals surface area (Å²) in [4.78, 5) is 30.9. The maximum absolute atomic E-state index is 13.0. The Morgan fingerprint density at radius 3 is 2.69 bits per heavy atom. The first-order chi connectivity index (χ1) is 17.0. The van der Waals surface area contributed by atoms with Gasteiger partial charge in [-0.15, -0.1) is 0 Å². The van der Waals surface area contributed by atoms with Gasteiger partial charge in [-0.1, -0.05) is 12.1 Å². The predicted octanol–water partition coefficient (Wildman–Crippen LogP) is 4.63. The molecule has 0 bridgehead atoms. The van der Waals surface area contributed by atoms with Gasteiger partial charge in [-0.3, -0.25) is 14.8 Å². The van der Waals surface area contributed by atoms with Crippen LogP contribution in [0.1, 0.15) is 48.5 Å². The fourth-order valence-corrected chi connectivity index (χ4v) is 4.39. The maximum atomic E-state index is 13.0. The molecule has 35 heavy (non-hydrogen) atoms. The summed E-state index contributed by atoms with van der Waals surface area (Å²) in [5.74, 6) is 1.52. The third-order valence-electron chi connectivity index (χ3n) is 6.14. The summed E-state index contributed by atoms with van der Waals surface area (Å²) in [6, 6.07) is 12.0. The number of fused-ring (bicyclic) bond motifs is 1. The van der Waals surface area contributed by atoms with E-state index >= 15 is 0 Å². The summed E-state index contributed by atoms with van der Waals surface area (Å²) in [6.07, 6.45) is 9.03. The first-order valence-corrected chi connectivity index (χ1v) is 12.0. The van der Waals surface area contributed by atoms with Gasteiger partial charge < -0.3 is 16.0 Å². The molecule has 4 aromatic rings. The lowest BCUT2D eigenvalue weighted by Gasteiger charge is -2.23. The molecule has 1 fully saturated rings. The molecule has 1 aliphatic rings. The zero-order valence-electron chi connectivity index (χ0n) is 20.0. The number of anilines is 2. The van der Waals surface area contributed by atoms with Crippen LogP contribution in [0.2, 0.25) is 0 Å². The molecule has 8 heteroatoms. The van der Waals surface area contributed by atoms with Crippen molar-refractivity contribution in [2.24, 2.45) is 0 Å². The molecule has 3 N–H and O–H groups in total. The van der Waals surface area contributed by atoms with Gasteiger partial charge in [0.1, 0.15) is 11.6 Å². The molecule has 8 nitrogen and oxygen atoms in total. The summed E-state index contributed by atoms with van der Waals surface area (Å²) in [5.41, 5.74) is 4.16. The van der Waals surface area contributed by atoms with Crippen LogP contribution in [0, 0.1) is 0 Å². The Bertz CT molecular complexity index is 1350. The van der Waals surface area contributed by atoms with Gasteiger partial charge in [-0.2, -0.15) is 0 Å². The number of pyridine rings is 2. The van der Waals surface area contributed by atoms with Crippen molar-refractivity contribution >= 4 is 28.4 Å². The maximum Gasteiger partial charge on any atom is 0.256 e. The molecule has 3 aromatic heterocycles. The fourth-order valence-electron chi connectivity index (χ4n) is 4.39. The number of rotatable bonds is 6. The molecule has 4 heterocycles. The summed E-state index contributed by atoms with van der Waals surface area (Å²) >= 11 is 0. The zero-order chi connectivity index (χ0) is 24.2. The molecule has 1 aromatic carbocycles. The fraction of sp³-hybridized carbons (Fsp3) is 0.296. The SMILES string of the molecule is CC(C)Nc1cncc(-c2cnc3cnc(NC(=O)c4cccc(C5CCNCC5)c4)cc3c2)n1. The number of hydrogen-bond acceptors (Lipinski definition) is 7. The zero-order valence-corrected chi connectivity index (χ0v) is 20.0. The number of carbonyl (C=O) groups excluding carboxylic acids is 1. The van der Waals surface area contributed by atoms with Crippen molar-refractivity contribution in [3.05, 3.63) is 72.3 Å². The quantitative estimate of drug-likeness (QED) is 0.380. The molecule has 1 saturated heterocycles.